The molecule has 1 saturated carbocycles. The van der Waals surface area contributed by atoms with Gasteiger partial charge in [0.1, 0.15) is 0 Å². The van der Waals surface area contributed by atoms with Gasteiger partial charge in [0.05, 0.1) is 11.7 Å². The first kappa shape index (κ1) is 25.1. The molecule has 180 valence electrons. The van der Waals surface area contributed by atoms with Gasteiger partial charge >= 0.3 is 12.5 Å². The van der Waals surface area contributed by atoms with Crippen molar-refractivity contribution in [3.63, 3.8) is 0 Å². The minimum absolute atomic E-state index is 0.0452. The molecule has 0 radical (unpaired) electrons. The molecular weight excluding hydrogens is 446 g/mol. The number of rotatable bonds is 7. The number of hydrogen-bond donors (Lipinski definition) is 0. The summed E-state index contributed by atoms with van der Waals surface area (Å²) >= 11 is 0. The molecule has 1 aliphatic carbocycles. The molecule has 3 rings (SSSR count). The molecule has 0 N–H and O–H groups in total. The van der Waals surface area contributed by atoms with Crippen LogP contribution in [0.25, 0.3) is 0 Å². The van der Waals surface area contributed by atoms with Crippen LogP contribution in [0.15, 0.2) is 54.6 Å². The lowest BCUT2D eigenvalue weighted by molar-refractivity contribution is -0.275. The molecule has 1 unspecified atom stereocenters. The summed E-state index contributed by atoms with van der Waals surface area (Å²) in [7, 11) is 0. The van der Waals surface area contributed by atoms with Crippen molar-refractivity contribution in [2.75, 3.05) is 0 Å². The Morgan fingerprint density at radius 3 is 2.12 bits per heavy atom. The third-order valence-electron chi connectivity index (χ3n) is 5.93. The van der Waals surface area contributed by atoms with Crippen molar-refractivity contribution >= 4 is 0 Å². The van der Waals surface area contributed by atoms with Crippen LogP contribution in [0.1, 0.15) is 68.2 Å². The molecule has 33 heavy (non-hydrogen) atoms. The summed E-state index contributed by atoms with van der Waals surface area (Å²) in [5.74, 6) is -1.46. The van der Waals surface area contributed by atoms with Gasteiger partial charge in [-0.15, -0.1) is 13.2 Å². The Bertz CT molecular complexity index is 944. The van der Waals surface area contributed by atoms with Crippen molar-refractivity contribution in [1.82, 2.24) is 0 Å². The minimum Gasteiger partial charge on any atom is -0.403 e. The van der Waals surface area contributed by atoms with Crippen molar-refractivity contribution in [3.05, 3.63) is 77.1 Å². The van der Waals surface area contributed by atoms with E-state index in [2.05, 4.69) is 16.9 Å². The summed E-state index contributed by atoms with van der Waals surface area (Å²) < 4.78 is 88.6. The van der Waals surface area contributed by atoms with Gasteiger partial charge in [0, 0.05) is 0 Å². The molecule has 2 nitrogen and oxygen atoms in total. The Kier molecular flexibility index (Phi) is 7.77. The van der Waals surface area contributed by atoms with E-state index in [1.807, 2.05) is 6.92 Å². The summed E-state index contributed by atoms with van der Waals surface area (Å²) in [4.78, 5) is 0. The van der Waals surface area contributed by atoms with Gasteiger partial charge in [0.25, 0.3) is 0 Å². The highest BCUT2D eigenvalue weighted by Crippen LogP contribution is 2.39. The Hall–Kier alpha value is -2.48. The predicted molar refractivity (Wildman–Crippen MR) is 112 cm³/mol. The van der Waals surface area contributed by atoms with Crippen LogP contribution < -0.4 is 4.74 Å². The van der Waals surface area contributed by atoms with Crippen molar-refractivity contribution in [2.24, 2.45) is 5.92 Å². The van der Waals surface area contributed by atoms with Gasteiger partial charge in [-0.05, 0) is 74.6 Å². The number of ether oxygens (including phenoxy) is 2. The van der Waals surface area contributed by atoms with Crippen LogP contribution in [0.4, 0.5) is 26.3 Å². The van der Waals surface area contributed by atoms with Gasteiger partial charge in [-0.2, -0.15) is 8.78 Å². The van der Waals surface area contributed by atoms with E-state index >= 15 is 0 Å². The molecule has 0 heterocycles. The van der Waals surface area contributed by atoms with E-state index in [0.717, 1.165) is 43.4 Å². The molecule has 0 saturated heterocycles. The van der Waals surface area contributed by atoms with Crippen molar-refractivity contribution in [1.29, 1.82) is 0 Å². The molecule has 2 aromatic rings. The highest BCUT2D eigenvalue weighted by Gasteiger charge is 2.36. The van der Waals surface area contributed by atoms with Crippen LogP contribution in [0.2, 0.25) is 0 Å². The van der Waals surface area contributed by atoms with E-state index < -0.39 is 30.1 Å². The van der Waals surface area contributed by atoms with Gasteiger partial charge in [-0.25, -0.2) is 4.39 Å². The van der Waals surface area contributed by atoms with Crippen LogP contribution in [-0.2, 0) is 10.8 Å². The molecule has 1 atom stereocenters. The second-order valence-electron chi connectivity index (χ2n) is 8.27. The quantitative estimate of drug-likeness (QED) is 0.298. The molecule has 2 aromatic carbocycles. The number of allylic oxidation sites excluding steroid dienone is 2. The van der Waals surface area contributed by atoms with Crippen LogP contribution >= 0.6 is 0 Å². The molecule has 8 heteroatoms. The van der Waals surface area contributed by atoms with Crippen LogP contribution in [-0.4, -0.2) is 6.36 Å². The summed E-state index contributed by atoms with van der Waals surface area (Å²) in [5, 5.41) is 0. The average molecular weight is 472 g/mol. The second-order valence-corrected chi connectivity index (χ2v) is 8.27. The largest absolute Gasteiger partial charge is 0.573 e. The molecule has 0 spiro atoms. The van der Waals surface area contributed by atoms with Gasteiger partial charge in [0.2, 0.25) is 0 Å². The zero-order valence-electron chi connectivity index (χ0n) is 18.3. The summed E-state index contributed by atoms with van der Waals surface area (Å²) in [5.41, 5.74) is 0.609. The lowest BCUT2D eigenvalue weighted by Crippen LogP contribution is -2.21. The highest BCUT2D eigenvalue weighted by molar-refractivity contribution is 5.31. The van der Waals surface area contributed by atoms with Crippen molar-refractivity contribution in [3.8, 4) is 5.75 Å². The first-order valence-corrected chi connectivity index (χ1v) is 10.8. The Morgan fingerprint density at radius 1 is 0.939 bits per heavy atom. The molecule has 1 fully saturated rings. The lowest BCUT2D eigenvalue weighted by Gasteiger charge is -2.27. The maximum absolute atomic E-state index is 14.7. The lowest BCUT2D eigenvalue weighted by atomic mass is 9.78. The smallest absolute Gasteiger partial charge is 0.403 e. The third kappa shape index (κ3) is 6.76. The van der Waals surface area contributed by atoms with Gasteiger partial charge in [-0.1, -0.05) is 42.5 Å². The third-order valence-corrected chi connectivity index (χ3v) is 5.93. The Balaban J connectivity index is 1.64. The summed E-state index contributed by atoms with van der Waals surface area (Å²) in [6, 6.07) is 8.48. The molecular formula is C25H26F6O2. The van der Waals surface area contributed by atoms with Crippen LogP contribution in [0.3, 0.4) is 0 Å². The Labute approximate surface area is 189 Å². The van der Waals surface area contributed by atoms with E-state index in [1.165, 1.54) is 19.1 Å². The van der Waals surface area contributed by atoms with Crippen LogP contribution in [0, 0.1) is 11.7 Å². The van der Waals surface area contributed by atoms with E-state index in [1.54, 1.807) is 12.1 Å². The topological polar surface area (TPSA) is 18.5 Å². The van der Waals surface area contributed by atoms with Crippen molar-refractivity contribution < 1.29 is 35.8 Å². The molecule has 0 amide bonds. The van der Waals surface area contributed by atoms with Gasteiger partial charge in [-0.3, -0.25) is 0 Å². The van der Waals surface area contributed by atoms with Gasteiger partial charge in [0.15, 0.2) is 11.6 Å². The zero-order valence-corrected chi connectivity index (χ0v) is 18.3. The maximum Gasteiger partial charge on any atom is 0.573 e. The number of halogens is 6. The Morgan fingerprint density at radius 2 is 1.58 bits per heavy atom. The predicted octanol–water partition coefficient (Wildman–Crippen LogP) is 8.40. The first-order valence-electron chi connectivity index (χ1n) is 10.8. The number of hydrogen-bond acceptors (Lipinski definition) is 2. The maximum atomic E-state index is 14.7. The molecule has 1 aliphatic rings. The monoisotopic (exact) mass is 472 g/mol. The minimum atomic E-state index is -5.06. The van der Waals surface area contributed by atoms with E-state index in [4.69, 9.17) is 4.74 Å². The molecule has 0 aromatic heterocycles. The SMILES string of the molecule is C/C=C/C1CCC(c2ccc(C(F)(F)OC(C)c3ccc(OC(F)(F)F)c(F)c3)cc2)CC1. The fraction of sp³-hybridized carbons (Fsp3) is 0.440. The van der Waals surface area contributed by atoms with Crippen LogP contribution in [0.5, 0.6) is 5.75 Å². The summed E-state index contributed by atoms with van der Waals surface area (Å²) in [6.07, 6.45) is -1.61. The fourth-order valence-corrected chi connectivity index (χ4v) is 4.20. The molecule has 0 bridgehead atoms. The highest BCUT2D eigenvalue weighted by atomic mass is 19.4. The fourth-order valence-electron chi connectivity index (χ4n) is 4.20. The second kappa shape index (κ2) is 10.2. The standard InChI is InChI=1S/C25H26F6O2/c1-3-4-17-5-7-18(8-6-17)19-9-12-21(13-10-19)24(27,28)32-16(2)20-11-14-23(22(26)15-20)33-25(29,30)31/h3-4,9-18H,5-8H2,1-2H3/b4-3+. The number of alkyl halides is 5. The summed E-state index contributed by atoms with van der Waals surface area (Å²) in [6.45, 7) is 3.27. The van der Waals surface area contributed by atoms with E-state index in [-0.39, 0.29) is 11.1 Å². The number of benzene rings is 2. The average Bonchev–Trinajstić information content (AvgIpc) is 2.75. The van der Waals surface area contributed by atoms with Gasteiger partial charge < -0.3 is 9.47 Å². The van der Waals surface area contributed by atoms with Crippen molar-refractivity contribution in [2.45, 2.75) is 64.0 Å². The normalized spacial score (nSPS) is 20.7. The van der Waals surface area contributed by atoms with E-state index in [0.29, 0.717) is 17.9 Å². The first-order chi connectivity index (χ1) is 15.5. The van der Waals surface area contributed by atoms with E-state index in [9.17, 15) is 26.3 Å². The zero-order chi connectivity index (χ0) is 24.2. The molecule has 0 aliphatic heterocycles.